The quantitative estimate of drug-likeness (QED) is 0.690. The Kier molecular flexibility index (Phi) is 5.71. The van der Waals surface area contributed by atoms with Gasteiger partial charge in [-0.25, -0.2) is 0 Å². The monoisotopic (exact) mass is 300 g/mol. The molecule has 0 N–H and O–H groups in total. The Balaban J connectivity index is 2.95. The standard InChI is InChI=1S/C14H25BrN2/c1-5-12-9-13(17(8-4)16-12)10-14(6-2,7-3)11-15/h9H,5-8,10-11H2,1-4H3. The number of halogens is 1. The molecule has 1 aromatic heterocycles. The number of hydrogen-bond donors (Lipinski definition) is 0. The van der Waals surface area contributed by atoms with Crippen molar-refractivity contribution in [3.8, 4) is 0 Å². The highest BCUT2D eigenvalue weighted by molar-refractivity contribution is 9.09. The van der Waals surface area contributed by atoms with Gasteiger partial charge in [0.15, 0.2) is 0 Å². The molecule has 0 bridgehead atoms. The third kappa shape index (κ3) is 3.34. The second kappa shape index (κ2) is 6.58. The van der Waals surface area contributed by atoms with Crippen LogP contribution in [0.1, 0.15) is 51.9 Å². The van der Waals surface area contributed by atoms with Crippen molar-refractivity contribution in [1.29, 1.82) is 0 Å². The molecule has 0 spiro atoms. The molecule has 0 saturated carbocycles. The highest BCUT2D eigenvalue weighted by Crippen LogP contribution is 2.33. The van der Waals surface area contributed by atoms with Gasteiger partial charge in [0.05, 0.1) is 5.69 Å². The Labute approximate surface area is 114 Å². The number of aryl methyl sites for hydroxylation is 2. The minimum atomic E-state index is 0.387. The van der Waals surface area contributed by atoms with Crippen molar-refractivity contribution in [2.45, 2.75) is 59.9 Å². The molecule has 0 aliphatic rings. The van der Waals surface area contributed by atoms with Gasteiger partial charge in [0.1, 0.15) is 0 Å². The predicted molar refractivity (Wildman–Crippen MR) is 77.8 cm³/mol. The molecule has 1 rings (SSSR count). The summed E-state index contributed by atoms with van der Waals surface area (Å²) in [7, 11) is 0. The van der Waals surface area contributed by atoms with Crippen LogP contribution in [-0.2, 0) is 19.4 Å². The smallest absolute Gasteiger partial charge is 0.0624 e. The molecule has 0 aliphatic carbocycles. The molecule has 1 aromatic rings. The third-order valence-corrected chi connectivity index (χ3v) is 5.10. The molecule has 0 aromatic carbocycles. The topological polar surface area (TPSA) is 17.8 Å². The molecule has 0 saturated heterocycles. The number of aromatic nitrogens is 2. The molecule has 0 fully saturated rings. The summed E-state index contributed by atoms with van der Waals surface area (Å²) in [6.07, 6.45) is 4.59. The van der Waals surface area contributed by atoms with Crippen LogP contribution in [0.5, 0.6) is 0 Å². The summed E-state index contributed by atoms with van der Waals surface area (Å²) in [6, 6.07) is 2.28. The Morgan fingerprint density at radius 3 is 2.29 bits per heavy atom. The van der Waals surface area contributed by atoms with Crippen LogP contribution in [0.25, 0.3) is 0 Å². The van der Waals surface area contributed by atoms with Crippen molar-refractivity contribution < 1.29 is 0 Å². The first kappa shape index (κ1) is 14.7. The van der Waals surface area contributed by atoms with E-state index in [0.29, 0.717) is 5.41 Å². The van der Waals surface area contributed by atoms with Gasteiger partial charge in [-0.1, -0.05) is 36.7 Å². The molecule has 3 heteroatoms. The lowest BCUT2D eigenvalue weighted by Crippen LogP contribution is -2.25. The molecule has 17 heavy (non-hydrogen) atoms. The Morgan fingerprint density at radius 2 is 1.88 bits per heavy atom. The van der Waals surface area contributed by atoms with E-state index in [9.17, 15) is 0 Å². The van der Waals surface area contributed by atoms with Crippen LogP contribution in [0, 0.1) is 5.41 Å². The zero-order valence-electron chi connectivity index (χ0n) is 11.6. The van der Waals surface area contributed by atoms with Crippen molar-refractivity contribution in [2.75, 3.05) is 5.33 Å². The first-order chi connectivity index (χ1) is 8.14. The van der Waals surface area contributed by atoms with E-state index >= 15 is 0 Å². The van der Waals surface area contributed by atoms with E-state index < -0.39 is 0 Å². The maximum absolute atomic E-state index is 4.64. The molecule has 1 heterocycles. The molecular weight excluding hydrogens is 276 g/mol. The van der Waals surface area contributed by atoms with Crippen molar-refractivity contribution >= 4 is 15.9 Å². The average Bonchev–Trinajstić information content (AvgIpc) is 2.78. The van der Waals surface area contributed by atoms with E-state index in [0.717, 1.165) is 24.7 Å². The van der Waals surface area contributed by atoms with Gasteiger partial charge >= 0.3 is 0 Å². The van der Waals surface area contributed by atoms with Crippen molar-refractivity contribution in [3.05, 3.63) is 17.5 Å². The normalized spacial score (nSPS) is 12.1. The number of alkyl halides is 1. The fourth-order valence-electron chi connectivity index (χ4n) is 2.22. The molecule has 0 radical (unpaired) electrons. The van der Waals surface area contributed by atoms with E-state index in [-0.39, 0.29) is 0 Å². The SMILES string of the molecule is CCc1cc(CC(CC)(CC)CBr)n(CC)n1. The fraction of sp³-hybridized carbons (Fsp3) is 0.786. The lowest BCUT2D eigenvalue weighted by molar-refractivity contribution is 0.298. The minimum Gasteiger partial charge on any atom is -0.270 e. The Morgan fingerprint density at radius 1 is 1.24 bits per heavy atom. The highest BCUT2D eigenvalue weighted by Gasteiger charge is 2.26. The van der Waals surface area contributed by atoms with E-state index in [1.165, 1.54) is 24.2 Å². The van der Waals surface area contributed by atoms with E-state index in [4.69, 9.17) is 0 Å². The summed E-state index contributed by atoms with van der Waals surface area (Å²) in [5.74, 6) is 0. The second-order valence-electron chi connectivity index (χ2n) is 4.81. The van der Waals surface area contributed by atoms with Crippen LogP contribution < -0.4 is 0 Å². The first-order valence-electron chi connectivity index (χ1n) is 6.76. The van der Waals surface area contributed by atoms with Gasteiger partial charge in [-0.05, 0) is 44.1 Å². The zero-order chi connectivity index (χ0) is 12.9. The van der Waals surface area contributed by atoms with Crippen molar-refractivity contribution in [3.63, 3.8) is 0 Å². The highest BCUT2D eigenvalue weighted by atomic mass is 79.9. The maximum Gasteiger partial charge on any atom is 0.0624 e. The third-order valence-electron chi connectivity index (χ3n) is 3.92. The van der Waals surface area contributed by atoms with Gasteiger partial charge in [0, 0.05) is 17.6 Å². The summed E-state index contributed by atoms with van der Waals surface area (Å²) in [5.41, 5.74) is 3.00. The van der Waals surface area contributed by atoms with Crippen molar-refractivity contribution in [1.82, 2.24) is 9.78 Å². The lowest BCUT2D eigenvalue weighted by atomic mass is 9.80. The van der Waals surface area contributed by atoms with Gasteiger partial charge in [-0.15, -0.1) is 0 Å². The van der Waals surface area contributed by atoms with Gasteiger partial charge in [0.2, 0.25) is 0 Å². The van der Waals surface area contributed by atoms with Crippen LogP contribution in [0.2, 0.25) is 0 Å². The zero-order valence-corrected chi connectivity index (χ0v) is 13.2. The summed E-state index contributed by atoms with van der Waals surface area (Å²) in [6.45, 7) is 9.89. The van der Waals surface area contributed by atoms with Crippen LogP contribution in [0.3, 0.4) is 0 Å². The minimum absolute atomic E-state index is 0.387. The van der Waals surface area contributed by atoms with Crippen LogP contribution >= 0.6 is 15.9 Å². The molecular formula is C14H25BrN2. The summed E-state index contributed by atoms with van der Waals surface area (Å²) < 4.78 is 2.17. The van der Waals surface area contributed by atoms with E-state index in [2.05, 4.69) is 59.5 Å². The lowest BCUT2D eigenvalue weighted by Gasteiger charge is -2.29. The molecule has 0 amide bonds. The molecule has 0 unspecified atom stereocenters. The predicted octanol–water partition coefficient (Wildman–Crippen LogP) is 4.21. The second-order valence-corrected chi connectivity index (χ2v) is 5.37. The number of rotatable bonds is 7. The van der Waals surface area contributed by atoms with Gasteiger partial charge in [0.25, 0.3) is 0 Å². The van der Waals surface area contributed by atoms with Crippen LogP contribution in [0.4, 0.5) is 0 Å². The number of hydrogen-bond acceptors (Lipinski definition) is 1. The average molecular weight is 301 g/mol. The maximum atomic E-state index is 4.64. The molecule has 0 aliphatic heterocycles. The fourth-order valence-corrected chi connectivity index (χ4v) is 3.22. The van der Waals surface area contributed by atoms with Crippen molar-refractivity contribution in [2.24, 2.45) is 5.41 Å². The summed E-state index contributed by atoms with van der Waals surface area (Å²) >= 11 is 3.69. The first-order valence-corrected chi connectivity index (χ1v) is 7.88. The summed E-state index contributed by atoms with van der Waals surface area (Å²) in [5, 5.41) is 5.71. The van der Waals surface area contributed by atoms with E-state index in [1.54, 1.807) is 0 Å². The largest absolute Gasteiger partial charge is 0.270 e. The van der Waals surface area contributed by atoms with Gasteiger partial charge < -0.3 is 0 Å². The van der Waals surface area contributed by atoms with Crippen LogP contribution in [0.15, 0.2) is 6.07 Å². The van der Waals surface area contributed by atoms with E-state index in [1.807, 2.05) is 0 Å². The Bertz CT molecular complexity index is 332. The summed E-state index contributed by atoms with van der Waals surface area (Å²) in [4.78, 5) is 0. The number of nitrogens with zero attached hydrogens (tertiary/aromatic N) is 2. The van der Waals surface area contributed by atoms with Crippen LogP contribution in [-0.4, -0.2) is 15.1 Å². The molecule has 0 atom stereocenters. The van der Waals surface area contributed by atoms with Gasteiger partial charge in [-0.3, -0.25) is 4.68 Å². The Hall–Kier alpha value is -0.310. The van der Waals surface area contributed by atoms with Gasteiger partial charge in [-0.2, -0.15) is 5.10 Å². The molecule has 2 nitrogen and oxygen atoms in total. The molecule has 98 valence electrons.